The van der Waals surface area contributed by atoms with Crippen LogP contribution in [0.3, 0.4) is 0 Å². The number of likely N-dealkylation sites (tertiary alicyclic amines) is 1. The van der Waals surface area contributed by atoms with Crippen LogP contribution in [0, 0.1) is 17.8 Å². The second-order valence-corrected chi connectivity index (χ2v) is 6.70. The van der Waals surface area contributed by atoms with E-state index < -0.39 is 5.95 Å². The lowest BCUT2D eigenvalue weighted by atomic mass is 9.92. The summed E-state index contributed by atoms with van der Waals surface area (Å²) in [7, 11) is 0. The van der Waals surface area contributed by atoms with E-state index in [0.717, 1.165) is 18.9 Å². The lowest BCUT2D eigenvalue weighted by Crippen LogP contribution is -2.43. The minimum Gasteiger partial charge on any atom is -0.375 e. The molecule has 4 heterocycles. The van der Waals surface area contributed by atoms with Gasteiger partial charge in [0, 0.05) is 43.4 Å². The van der Waals surface area contributed by atoms with Crippen LogP contribution in [0.25, 0.3) is 0 Å². The van der Waals surface area contributed by atoms with Crippen LogP contribution >= 0.6 is 0 Å². The van der Waals surface area contributed by atoms with E-state index in [4.69, 9.17) is 9.57 Å². The first kappa shape index (κ1) is 16.4. The van der Waals surface area contributed by atoms with Gasteiger partial charge in [0.25, 0.3) is 11.8 Å². The van der Waals surface area contributed by atoms with Crippen molar-refractivity contribution in [1.82, 2.24) is 14.9 Å². The molecule has 3 aliphatic rings. The maximum atomic E-state index is 13.2. The highest BCUT2D eigenvalue weighted by atomic mass is 19.1. The number of carbonyl (C=O) groups excluding carboxylic acids is 2. The van der Waals surface area contributed by atoms with Crippen molar-refractivity contribution in [1.29, 1.82) is 0 Å². The molecule has 0 N–H and O–H groups in total. The van der Waals surface area contributed by atoms with Gasteiger partial charge in [-0.15, -0.1) is 0 Å². The molecule has 3 atom stereocenters. The van der Waals surface area contributed by atoms with E-state index >= 15 is 0 Å². The fourth-order valence-corrected chi connectivity index (χ4v) is 3.81. The van der Waals surface area contributed by atoms with Crippen molar-refractivity contribution in [2.45, 2.75) is 18.9 Å². The molecular weight excluding hydrogens is 329 g/mol. The highest BCUT2D eigenvalue weighted by Crippen LogP contribution is 2.35. The van der Waals surface area contributed by atoms with Crippen LogP contribution < -0.4 is 0 Å². The van der Waals surface area contributed by atoms with Gasteiger partial charge < -0.3 is 9.64 Å². The van der Waals surface area contributed by atoms with Crippen molar-refractivity contribution < 1.29 is 23.6 Å². The molecule has 4 rings (SSSR count). The summed E-state index contributed by atoms with van der Waals surface area (Å²) < 4.78 is 19.0. The Morgan fingerprint density at radius 1 is 1.28 bits per heavy atom. The van der Waals surface area contributed by atoms with E-state index in [9.17, 15) is 14.0 Å². The van der Waals surface area contributed by atoms with Crippen molar-refractivity contribution in [3.63, 3.8) is 0 Å². The number of hydroxylamine groups is 2. The largest absolute Gasteiger partial charge is 0.375 e. The van der Waals surface area contributed by atoms with Gasteiger partial charge in [-0.3, -0.25) is 14.4 Å². The maximum Gasteiger partial charge on any atom is 0.254 e. The first-order valence-corrected chi connectivity index (χ1v) is 8.60. The van der Waals surface area contributed by atoms with Crippen LogP contribution in [0.1, 0.15) is 23.2 Å². The van der Waals surface area contributed by atoms with E-state index in [2.05, 4.69) is 4.98 Å². The smallest absolute Gasteiger partial charge is 0.254 e. The van der Waals surface area contributed by atoms with Gasteiger partial charge in [-0.2, -0.15) is 4.39 Å². The molecule has 0 unspecified atom stereocenters. The van der Waals surface area contributed by atoms with Crippen LogP contribution in [-0.2, 0) is 14.4 Å². The zero-order valence-corrected chi connectivity index (χ0v) is 13.8. The molecule has 0 radical (unpaired) electrons. The Morgan fingerprint density at radius 2 is 2.16 bits per heavy atom. The first-order valence-electron chi connectivity index (χ1n) is 8.60. The third-order valence-corrected chi connectivity index (χ3v) is 5.14. The monoisotopic (exact) mass is 349 g/mol. The van der Waals surface area contributed by atoms with Crippen molar-refractivity contribution in [2.24, 2.45) is 11.8 Å². The van der Waals surface area contributed by atoms with Gasteiger partial charge in [0.05, 0.1) is 25.2 Å². The Hall–Kier alpha value is -2.06. The van der Waals surface area contributed by atoms with E-state index in [1.54, 1.807) is 4.90 Å². The quantitative estimate of drug-likeness (QED) is 0.741. The lowest BCUT2D eigenvalue weighted by molar-refractivity contribution is -0.202. The third kappa shape index (κ3) is 3.11. The van der Waals surface area contributed by atoms with Crippen LogP contribution in [0.15, 0.2) is 18.3 Å². The fraction of sp³-hybridized carbons (Fsp3) is 0.588. The number of nitrogens with zero attached hydrogens (tertiary/aromatic N) is 3. The maximum absolute atomic E-state index is 13.2. The number of rotatable bonds is 2. The van der Waals surface area contributed by atoms with Gasteiger partial charge in [-0.25, -0.2) is 10.0 Å². The van der Waals surface area contributed by atoms with Crippen molar-refractivity contribution in [3.05, 3.63) is 29.8 Å². The number of hydrogen-bond donors (Lipinski definition) is 0. The average Bonchev–Trinajstić information content (AvgIpc) is 3.22. The summed E-state index contributed by atoms with van der Waals surface area (Å²) in [5, 5.41) is 1.45. The van der Waals surface area contributed by atoms with E-state index in [-0.39, 0.29) is 35.3 Å². The molecule has 1 aromatic heterocycles. The highest BCUT2D eigenvalue weighted by Gasteiger charge is 2.49. The summed E-state index contributed by atoms with van der Waals surface area (Å²) >= 11 is 0. The minimum atomic E-state index is -0.684. The average molecular weight is 349 g/mol. The fourth-order valence-electron chi connectivity index (χ4n) is 3.81. The molecule has 1 aromatic rings. The molecule has 0 bridgehead atoms. The van der Waals surface area contributed by atoms with Crippen LogP contribution in [0.2, 0.25) is 0 Å². The topological polar surface area (TPSA) is 72.0 Å². The molecule has 7 nitrogen and oxygen atoms in total. The molecular formula is C17H20FN3O4. The number of halogens is 1. The zero-order chi connectivity index (χ0) is 17.4. The molecule has 134 valence electrons. The third-order valence-electron chi connectivity index (χ3n) is 5.14. The van der Waals surface area contributed by atoms with Crippen LogP contribution in [0.4, 0.5) is 4.39 Å². The predicted molar refractivity (Wildman–Crippen MR) is 83.7 cm³/mol. The Labute approximate surface area is 144 Å². The summed E-state index contributed by atoms with van der Waals surface area (Å²) in [4.78, 5) is 35.8. The number of ether oxygens (including phenoxy) is 1. The first-order chi connectivity index (χ1) is 12.1. The van der Waals surface area contributed by atoms with E-state index in [1.165, 1.54) is 17.3 Å². The molecule has 0 aliphatic carbocycles. The number of carbonyl (C=O) groups is 2. The van der Waals surface area contributed by atoms with Crippen molar-refractivity contribution in [3.8, 4) is 0 Å². The van der Waals surface area contributed by atoms with Crippen molar-refractivity contribution in [2.75, 3.05) is 32.8 Å². The summed E-state index contributed by atoms with van der Waals surface area (Å²) in [6, 6.07) is 2.62. The second kappa shape index (κ2) is 6.68. The normalized spacial score (nSPS) is 28.9. The Kier molecular flexibility index (Phi) is 4.39. The number of hydrogen-bond acceptors (Lipinski definition) is 5. The van der Waals surface area contributed by atoms with E-state index in [1.807, 2.05) is 0 Å². The molecule has 3 aliphatic heterocycles. The number of fused-ring (bicyclic) bond motifs is 1. The Morgan fingerprint density at radius 3 is 2.92 bits per heavy atom. The number of amides is 2. The second-order valence-electron chi connectivity index (χ2n) is 6.70. The van der Waals surface area contributed by atoms with Gasteiger partial charge in [0.15, 0.2) is 0 Å². The van der Waals surface area contributed by atoms with Gasteiger partial charge in [-0.1, -0.05) is 0 Å². The predicted octanol–water partition coefficient (Wildman–Crippen LogP) is 0.862. The van der Waals surface area contributed by atoms with Crippen LogP contribution in [-0.4, -0.2) is 65.7 Å². The van der Waals surface area contributed by atoms with Gasteiger partial charge in [-0.05, 0) is 18.9 Å². The standard InChI is InChI=1S/C17H20FN3O4/c18-15-7-11(3-4-19-15)16(22)20-8-12-13(10-24-14(12)9-20)17(23)21-5-1-2-6-25-21/h3-4,7,12-14H,1-2,5-6,8-10H2/t12-,13+,14-/m1/s1. The highest BCUT2D eigenvalue weighted by molar-refractivity contribution is 5.94. The van der Waals surface area contributed by atoms with Crippen LogP contribution in [0.5, 0.6) is 0 Å². The molecule has 25 heavy (non-hydrogen) atoms. The molecule has 0 aromatic carbocycles. The van der Waals surface area contributed by atoms with Gasteiger partial charge in [0.1, 0.15) is 0 Å². The van der Waals surface area contributed by atoms with Crippen molar-refractivity contribution >= 4 is 11.8 Å². The minimum absolute atomic E-state index is 0.0475. The molecule has 0 saturated carbocycles. The molecule has 3 fully saturated rings. The molecule has 0 spiro atoms. The summed E-state index contributed by atoms with van der Waals surface area (Å²) in [5.41, 5.74) is 0.259. The zero-order valence-electron chi connectivity index (χ0n) is 13.8. The molecule has 8 heteroatoms. The Bertz CT molecular complexity index is 680. The van der Waals surface area contributed by atoms with E-state index in [0.29, 0.717) is 32.8 Å². The van der Waals surface area contributed by atoms with Gasteiger partial charge >= 0.3 is 0 Å². The molecule has 3 saturated heterocycles. The lowest BCUT2D eigenvalue weighted by Gasteiger charge is -2.29. The molecule has 2 amide bonds. The summed E-state index contributed by atoms with van der Waals surface area (Å²) in [5.74, 6) is -1.35. The van der Waals surface area contributed by atoms with Gasteiger partial charge in [0.2, 0.25) is 5.95 Å². The SMILES string of the molecule is O=C(c1ccnc(F)c1)N1C[C@@H]2[C@@H](C(=O)N3CCCCO3)CO[C@@H]2C1. The summed E-state index contributed by atoms with van der Waals surface area (Å²) in [6.07, 6.45) is 3.01. The summed E-state index contributed by atoms with van der Waals surface area (Å²) in [6.45, 7) is 2.37. The Balaban J connectivity index is 1.44. The number of aromatic nitrogens is 1. The number of pyridine rings is 1.